The monoisotopic (exact) mass is 453 g/mol. The summed E-state index contributed by atoms with van der Waals surface area (Å²) in [5.41, 5.74) is 4.62. The van der Waals surface area contributed by atoms with Crippen LogP contribution in [0, 0.1) is 6.92 Å². The summed E-state index contributed by atoms with van der Waals surface area (Å²) in [5, 5.41) is 12.4. The van der Waals surface area contributed by atoms with Gasteiger partial charge < -0.3 is 25.1 Å². The van der Waals surface area contributed by atoms with Crippen molar-refractivity contribution in [3.8, 4) is 0 Å². The minimum Gasteiger partial charge on any atom is -0.359 e. The van der Waals surface area contributed by atoms with Gasteiger partial charge in [-0.2, -0.15) is 0 Å². The molecule has 4 N–H and O–H groups in total. The maximum Gasteiger partial charge on any atom is 0.225 e. The van der Waals surface area contributed by atoms with Gasteiger partial charge in [0.2, 0.25) is 5.78 Å². The molecule has 0 aliphatic heterocycles. The molecule has 172 valence electrons. The number of para-hydroxylation sites is 1. The molecule has 0 aliphatic carbocycles. The second kappa shape index (κ2) is 7.95. The first kappa shape index (κ1) is 21.6. The number of ketones is 1. The van der Waals surface area contributed by atoms with Crippen molar-refractivity contribution in [1.29, 1.82) is 0 Å². The van der Waals surface area contributed by atoms with Crippen molar-refractivity contribution in [3.05, 3.63) is 89.7 Å². The van der Waals surface area contributed by atoms with Crippen LogP contribution >= 0.6 is 0 Å². The molecule has 0 saturated heterocycles. The van der Waals surface area contributed by atoms with Gasteiger partial charge >= 0.3 is 0 Å². The fraction of sp³-hybridized carbons (Fsp3) is 0.185. The number of benzene rings is 2. The summed E-state index contributed by atoms with van der Waals surface area (Å²) in [7, 11) is 0. The normalized spacial score (nSPS) is 11.8. The Labute approximate surface area is 197 Å². The zero-order valence-corrected chi connectivity index (χ0v) is 19.7. The lowest BCUT2D eigenvalue weighted by molar-refractivity contribution is 0.103. The van der Waals surface area contributed by atoms with E-state index in [4.69, 9.17) is 4.52 Å². The van der Waals surface area contributed by atoms with Crippen LogP contribution in [0.3, 0.4) is 0 Å². The quantitative estimate of drug-likeness (QED) is 0.221. The fourth-order valence-corrected chi connectivity index (χ4v) is 3.99. The maximum absolute atomic E-state index is 13.2. The van der Waals surface area contributed by atoms with Gasteiger partial charge in [0.25, 0.3) is 0 Å². The molecule has 0 atom stereocenters. The predicted molar refractivity (Wildman–Crippen MR) is 136 cm³/mol. The molecule has 5 aromatic rings. The molecular weight excluding hydrogens is 426 g/mol. The Kier molecular flexibility index (Phi) is 5.05. The zero-order valence-electron chi connectivity index (χ0n) is 19.7. The molecule has 7 heteroatoms. The Balaban J connectivity index is 1.39. The van der Waals surface area contributed by atoms with Gasteiger partial charge in [-0.25, -0.2) is 0 Å². The molecule has 0 amide bonds. The Morgan fingerprint density at radius 2 is 1.76 bits per heavy atom. The number of fused-ring (bicyclic) bond motifs is 2. The van der Waals surface area contributed by atoms with E-state index < -0.39 is 0 Å². The minimum absolute atomic E-state index is 0.0907. The van der Waals surface area contributed by atoms with E-state index in [1.807, 2.05) is 61.5 Å². The van der Waals surface area contributed by atoms with Gasteiger partial charge in [-0.3, -0.25) is 4.79 Å². The first-order chi connectivity index (χ1) is 16.2. The van der Waals surface area contributed by atoms with E-state index in [0.717, 1.165) is 38.8 Å². The minimum atomic E-state index is -0.135. The van der Waals surface area contributed by atoms with E-state index in [0.29, 0.717) is 23.0 Å². The van der Waals surface area contributed by atoms with E-state index >= 15 is 0 Å². The first-order valence-corrected chi connectivity index (χ1v) is 11.1. The smallest absolute Gasteiger partial charge is 0.225 e. The summed E-state index contributed by atoms with van der Waals surface area (Å²) in [5.74, 6) is 1.80. The molecule has 5 rings (SSSR count). The van der Waals surface area contributed by atoms with Crippen molar-refractivity contribution in [2.24, 2.45) is 0 Å². The Morgan fingerprint density at radius 1 is 1.00 bits per heavy atom. The topological polar surface area (TPSA) is 98.7 Å². The lowest BCUT2D eigenvalue weighted by atomic mass is 9.93. The van der Waals surface area contributed by atoms with Crippen LogP contribution in [0.15, 0.2) is 71.5 Å². The summed E-state index contributed by atoms with van der Waals surface area (Å²) in [6.07, 6.45) is 0. The maximum atomic E-state index is 13.2. The number of nitrogens with one attached hydrogen (secondary N) is 4. The molecule has 0 saturated carbocycles. The summed E-state index contributed by atoms with van der Waals surface area (Å²) in [6.45, 7) is 12.3. The van der Waals surface area contributed by atoms with Crippen LogP contribution in [0.2, 0.25) is 0 Å². The highest BCUT2D eigenvalue weighted by molar-refractivity contribution is 6.12. The van der Waals surface area contributed by atoms with Gasteiger partial charge in [-0.15, -0.1) is 0 Å². The summed E-state index contributed by atoms with van der Waals surface area (Å²) in [6, 6.07) is 17.5. The van der Waals surface area contributed by atoms with Crippen LogP contribution in [0.4, 0.5) is 11.5 Å². The standard InChI is InChI=1S/C27H27N5O2/c1-15-8-6-10-19-18(15)13-22(30-19)26(33)21-12-17-9-7-11-20(25(17)31-21)28-16(2)29-24-14-23(34-32-24)27(3,4)5/h6-14,28,30-31H,2H2,1,3-5H3,(H,29,32). The number of H-pyrrole nitrogens is 2. The van der Waals surface area contributed by atoms with Gasteiger partial charge in [0, 0.05) is 27.8 Å². The number of aryl methyl sites for hydroxylation is 1. The summed E-state index contributed by atoms with van der Waals surface area (Å²) in [4.78, 5) is 19.7. The van der Waals surface area contributed by atoms with Crippen molar-refractivity contribution in [3.63, 3.8) is 0 Å². The van der Waals surface area contributed by atoms with Gasteiger partial charge in [0.1, 0.15) is 11.6 Å². The molecule has 0 unspecified atom stereocenters. The van der Waals surface area contributed by atoms with E-state index in [2.05, 4.69) is 53.1 Å². The number of aromatic amines is 2. The first-order valence-electron chi connectivity index (χ1n) is 11.1. The molecule has 0 spiro atoms. The van der Waals surface area contributed by atoms with Crippen LogP contribution in [0.25, 0.3) is 21.8 Å². The number of carbonyl (C=O) groups excluding carboxylic acids is 1. The molecular formula is C27H27N5O2. The number of hydrogen-bond acceptors (Lipinski definition) is 5. The zero-order chi connectivity index (χ0) is 24.0. The highest BCUT2D eigenvalue weighted by Crippen LogP contribution is 2.28. The van der Waals surface area contributed by atoms with Crippen LogP contribution < -0.4 is 10.6 Å². The van der Waals surface area contributed by atoms with Crippen LogP contribution in [0.1, 0.15) is 48.3 Å². The summed E-state index contributed by atoms with van der Waals surface area (Å²) < 4.78 is 5.42. The van der Waals surface area contributed by atoms with E-state index in [-0.39, 0.29) is 11.2 Å². The highest BCUT2D eigenvalue weighted by atomic mass is 16.5. The Hall–Kier alpha value is -4.26. The average molecular weight is 454 g/mol. The molecule has 7 nitrogen and oxygen atoms in total. The molecule has 34 heavy (non-hydrogen) atoms. The number of aromatic nitrogens is 3. The molecule has 0 bridgehead atoms. The Morgan fingerprint density at radius 3 is 2.50 bits per heavy atom. The van der Waals surface area contributed by atoms with Crippen LogP contribution in [-0.4, -0.2) is 20.9 Å². The SMILES string of the molecule is C=C(Nc1cc(C(C)(C)C)on1)Nc1cccc2cc(C(=O)c3cc4c(C)cccc4[nH]3)[nH]c12. The number of hydrogen-bond donors (Lipinski definition) is 4. The molecule has 0 fully saturated rings. The van der Waals surface area contributed by atoms with Gasteiger partial charge in [-0.1, -0.05) is 56.8 Å². The second-order valence-corrected chi connectivity index (χ2v) is 9.56. The third-order valence-corrected chi connectivity index (χ3v) is 5.84. The highest BCUT2D eigenvalue weighted by Gasteiger charge is 2.20. The van der Waals surface area contributed by atoms with Crippen molar-refractivity contribution in [1.82, 2.24) is 15.1 Å². The average Bonchev–Trinajstić information content (AvgIpc) is 3.51. The van der Waals surface area contributed by atoms with Crippen molar-refractivity contribution in [2.75, 3.05) is 10.6 Å². The van der Waals surface area contributed by atoms with Gasteiger partial charge in [0.15, 0.2) is 5.82 Å². The van der Waals surface area contributed by atoms with Gasteiger partial charge in [-0.05, 0) is 36.8 Å². The van der Waals surface area contributed by atoms with Crippen molar-refractivity contribution < 1.29 is 9.32 Å². The van der Waals surface area contributed by atoms with E-state index in [1.165, 1.54) is 0 Å². The predicted octanol–water partition coefficient (Wildman–Crippen LogP) is 6.47. The van der Waals surface area contributed by atoms with Crippen molar-refractivity contribution in [2.45, 2.75) is 33.1 Å². The largest absolute Gasteiger partial charge is 0.359 e. The molecule has 3 heterocycles. The second-order valence-electron chi connectivity index (χ2n) is 9.56. The molecule has 3 aromatic heterocycles. The lowest BCUT2D eigenvalue weighted by Gasteiger charge is -2.12. The summed E-state index contributed by atoms with van der Waals surface area (Å²) >= 11 is 0. The van der Waals surface area contributed by atoms with Crippen LogP contribution in [0.5, 0.6) is 0 Å². The molecule has 0 radical (unpaired) electrons. The third kappa shape index (κ3) is 3.96. The number of nitrogens with zero attached hydrogens (tertiary/aromatic N) is 1. The van der Waals surface area contributed by atoms with E-state index in [9.17, 15) is 4.79 Å². The Bertz CT molecular complexity index is 1540. The number of rotatable bonds is 6. The molecule has 2 aromatic carbocycles. The third-order valence-electron chi connectivity index (χ3n) is 5.84. The number of carbonyl (C=O) groups is 1. The fourth-order valence-electron chi connectivity index (χ4n) is 3.99. The van der Waals surface area contributed by atoms with Crippen LogP contribution in [-0.2, 0) is 5.41 Å². The number of anilines is 2. The van der Waals surface area contributed by atoms with Gasteiger partial charge in [0.05, 0.1) is 22.6 Å². The lowest BCUT2D eigenvalue weighted by Crippen LogP contribution is -2.10. The van der Waals surface area contributed by atoms with E-state index in [1.54, 1.807) is 0 Å². The van der Waals surface area contributed by atoms with Crippen molar-refractivity contribution >= 4 is 39.1 Å². The molecule has 0 aliphatic rings.